The molecule has 0 radical (unpaired) electrons. The van der Waals surface area contributed by atoms with Crippen molar-refractivity contribution in [2.75, 3.05) is 12.3 Å². The molecule has 0 bridgehead atoms. The molecule has 3 rings (SSSR count). The van der Waals surface area contributed by atoms with Gasteiger partial charge in [0.25, 0.3) is 0 Å². The lowest BCUT2D eigenvalue weighted by Crippen LogP contribution is -2.24. The van der Waals surface area contributed by atoms with Gasteiger partial charge < -0.3 is 30.4 Å². The van der Waals surface area contributed by atoms with Gasteiger partial charge in [-0.2, -0.15) is 0 Å². The third-order valence-electron chi connectivity index (χ3n) is 3.58. The average molecular weight is 280 g/mol. The molecule has 8 nitrogen and oxygen atoms in total. The number of hydrogen-bond acceptors (Lipinski definition) is 7. The van der Waals surface area contributed by atoms with Crippen LogP contribution in [0.3, 0.4) is 0 Å². The Bertz CT molecular complexity index is 629. The van der Waals surface area contributed by atoms with Gasteiger partial charge in [-0.1, -0.05) is 0 Å². The fourth-order valence-electron chi connectivity index (χ4n) is 2.58. The van der Waals surface area contributed by atoms with E-state index in [4.69, 9.17) is 15.6 Å². The zero-order valence-corrected chi connectivity index (χ0v) is 10.7. The highest BCUT2D eigenvalue weighted by molar-refractivity contribution is 5.89. The fourth-order valence-corrected chi connectivity index (χ4v) is 2.58. The summed E-state index contributed by atoms with van der Waals surface area (Å²) in [5, 5.41) is 28.9. The minimum Gasteiger partial charge on any atom is -0.394 e. The van der Waals surface area contributed by atoms with Crippen molar-refractivity contribution in [2.24, 2.45) is 0 Å². The molecule has 0 saturated carbocycles. The van der Waals surface area contributed by atoms with E-state index in [1.807, 2.05) is 0 Å². The van der Waals surface area contributed by atoms with Crippen molar-refractivity contribution < 1.29 is 20.1 Å². The topological polar surface area (TPSA) is 127 Å². The van der Waals surface area contributed by atoms with Crippen molar-refractivity contribution in [3.05, 3.63) is 18.1 Å². The predicted molar refractivity (Wildman–Crippen MR) is 69.5 cm³/mol. The molecule has 0 aliphatic carbocycles. The van der Waals surface area contributed by atoms with Crippen molar-refractivity contribution >= 4 is 16.9 Å². The van der Waals surface area contributed by atoms with Crippen molar-refractivity contribution in [2.45, 2.75) is 31.5 Å². The highest BCUT2D eigenvalue weighted by Crippen LogP contribution is 2.33. The first-order valence-corrected chi connectivity index (χ1v) is 6.30. The van der Waals surface area contributed by atoms with Crippen molar-refractivity contribution in [1.82, 2.24) is 14.5 Å². The van der Waals surface area contributed by atoms with Gasteiger partial charge in [0.15, 0.2) is 0 Å². The predicted octanol–water partition coefficient (Wildman–Crippen LogP) is -0.854. The third-order valence-corrected chi connectivity index (χ3v) is 3.58. The number of hydrogen-bond donors (Lipinski definition) is 4. The van der Waals surface area contributed by atoms with Gasteiger partial charge in [0.2, 0.25) is 0 Å². The number of nitrogens with two attached hydrogens (primary N) is 1. The molecule has 5 N–H and O–H groups in total. The summed E-state index contributed by atoms with van der Waals surface area (Å²) in [6.07, 6.45) is 1.55. The lowest BCUT2D eigenvalue weighted by Gasteiger charge is -2.14. The molecule has 8 heteroatoms. The van der Waals surface area contributed by atoms with Crippen LogP contribution in [0.25, 0.3) is 11.0 Å². The molecule has 1 saturated heterocycles. The summed E-state index contributed by atoms with van der Waals surface area (Å²) in [7, 11) is 0. The van der Waals surface area contributed by atoms with Crippen LogP contribution in [0.4, 0.5) is 5.82 Å². The molecule has 1 aliphatic heterocycles. The Kier molecular flexibility index (Phi) is 3.30. The molecule has 2 aromatic heterocycles. The average Bonchev–Trinajstić information content (AvgIpc) is 3.00. The largest absolute Gasteiger partial charge is 0.394 e. The summed E-state index contributed by atoms with van der Waals surface area (Å²) in [5.74, 6) is 0.287. The highest BCUT2D eigenvalue weighted by Gasteiger charge is 2.35. The lowest BCUT2D eigenvalue weighted by molar-refractivity contribution is -0.0431. The molecular formula is C12H16N4O4. The molecule has 1 fully saturated rings. The number of fused-ring (bicyclic) bond motifs is 1. The van der Waals surface area contributed by atoms with Gasteiger partial charge in [0, 0.05) is 18.2 Å². The Morgan fingerprint density at radius 2 is 2.20 bits per heavy atom. The molecule has 3 heterocycles. The number of ether oxygens (including phenoxy) is 1. The lowest BCUT2D eigenvalue weighted by atomic mass is 10.2. The van der Waals surface area contributed by atoms with E-state index in [1.54, 1.807) is 10.8 Å². The molecule has 3 atom stereocenters. The second kappa shape index (κ2) is 4.98. The van der Waals surface area contributed by atoms with E-state index in [0.717, 1.165) is 0 Å². The first-order valence-electron chi connectivity index (χ1n) is 6.30. The Hall–Kier alpha value is -1.74. The maximum atomic E-state index is 9.81. The normalized spacial score (nSPS) is 26.4. The van der Waals surface area contributed by atoms with Gasteiger partial charge in [-0.25, -0.2) is 9.97 Å². The molecule has 0 amide bonds. The van der Waals surface area contributed by atoms with Crippen LogP contribution in [0.1, 0.15) is 18.2 Å². The number of nitrogen functional groups attached to an aromatic ring is 1. The van der Waals surface area contributed by atoms with E-state index < -0.39 is 18.4 Å². The van der Waals surface area contributed by atoms with E-state index in [9.17, 15) is 10.2 Å². The second-order valence-corrected chi connectivity index (χ2v) is 4.79. The maximum absolute atomic E-state index is 9.81. The van der Waals surface area contributed by atoms with Gasteiger partial charge in [-0.05, 0) is 0 Å². The van der Waals surface area contributed by atoms with E-state index in [2.05, 4.69) is 9.97 Å². The summed E-state index contributed by atoms with van der Waals surface area (Å²) in [6, 6.07) is 0. The standard InChI is InChI=1S/C12H16N4O4/c13-11-10-6(3-17)2-16(12(10)15-5-14-11)9-1-7(19)8(4-18)20-9/h2,5,7-9,17-19H,1,3-4H2,(H2,13,14,15)/t7-,8+,9+/m0/s1. The number of nitrogens with zero attached hydrogens (tertiary/aromatic N) is 3. The maximum Gasteiger partial charge on any atom is 0.147 e. The first-order chi connectivity index (χ1) is 9.65. The summed E-state index contributed by atoms with van der Waals surface area (Å²) in [4.78, 5) is 8.08. The molecule has 0 aromatic carbocycles. The molecule has 0 unspecified atom stereocenters. The number of aromatic nitrogens is 3. The Morgan fingerprint density at radius 3 is 2.85 bits per heavy atom. The number of rotatable bonds is 3. The van der Waals surface area contributed by atoms with Crippen LogP contribution >= 0.6 is 0 Å². The van der Waals surface area contributed by atoms with Gasteiger partial charge in [-0.15, -0.1) is 0 Å². The van der Waals surface area contributed by atoms with E-state index in [-0.39, 0.29) is 19.0 Å². The molecule has 2 aromatic rings. The smallest absolute Gasteiger partial charge is 0.147 e. The van der Waals surface area contributed by atoms with Gasteiger partial charge in [0.1, 0.15) is 30.1 Å². The monoisotopic (exact) mass is 280 g/mol. The van der Waals surface area contributed by atoms with Crippen LogP contribution in [0, 0.1) is 0 Å². The highest BCUT2D eigenvalue weighted by atomic mass is 16.5. The van der Waals surface area contributed by atoms with Gasteiger partial charge in [0.05, 0.1) is 24.7 Å². The number of aliphatic hydroxyl groups excluding tert-OH is 3. The Labute approximate surface area is 114 Å². The molecular weight excluding hydrogens is 264 g/mol. The summed E-state index contributed by atoms with van der Waals surface area (Å²) >= 11 is 0. The van der Waals surface area contributed by atoms with Crippen LogP contribution in [0.15, 0.2) is 12.5 Å². The molecule has 108 valence electrons. The molecule has 0 spiro atoms. The summed E-state index contributed by atoms with van der Waals surface area (Å²) < 4.78 is 7.30. The van der Waals surface area contributed by atoms with Crippen LogP contribution in [0.5, 0.6) is 0 Å². The Balaban J connectivity index is 2.07. The molecule has 20 heavy (non-hydrogen) atoms. The third kappa shape index (κ3) is 1.93. The quantitative estimate of drug-likeness (QED) is 0.576. The van der Waals surface area contributed by atoms with E-state index >= 15 is 0 Å². The van der Waals surface area contributed by atoms with Crippen molar-refractivity contribution in [1.29, 1.82) is 0 Å². The fraction of sp³-hybridized carbons (Fsp3) is 0.500. The van der Waals surface area contributed by atoms with E-state index in [0.29, 0.717) is 23.0 Å². The number of anilines is 1. The SMILES string of the molecule is Nc1ncnc2c1c(CO)cn2[C@H]1C[C@H](O)[C@@H](CO)O1. The minimum absolute atomic E-state index is 0.195. The van der Waals surface area contributed by atoms with Crippen LogP contribution in [0.2, 0.25) is 0 Å². The summed E-state index contributed by atoms with van der Waals surface area (Å²) in [6.45, 7) is -0.444. The van der Waals surface area contributed by atoms with Crippen LogP contribution in [-0.2, 0) is 11.3 Å². The van der Waals surface area contributed by atoms with Crippen LogP contribution < -0.4 is 5.73 Å². The van der Waals surface area contributed by atoms with E-state index in [1.165, 1.54) is 6.33 Å². The first kappa shape index (κ1) is 13.3. The minimum atomic E-state index is -0.737. The van der Waals surface area contributed by atoms with Crippen molar-refractivity contribution in [3.8, 4) is 0 Å². The Morgan fingerprint density at radius 1 is 1.40 bits per heavy atom. The zero-order chi connectivity index (χ0) is 14.3. The zero-order valence-electron chi connectivity index (χ0n) is 10.7. The number of aliphatic hydroxyl groups is 3. The van der Waals surface area contributed by atoms with Gasteiger partial charge in [-0.3, -0.25) is 0 Å². The van der Waals surface area contributed by atoms with Crippen molar-refractivity contribution in [3.63, 3.8) is 0 Å². The second-order valence-electron chi connectivity index (χ2n) is 4.79. The van der Waals surface area contributed by atoms with Gasteiger partial charge >= 0.3 is 0 Å². The summed E-state index contributed by atoms with van der Waals surface area (Å²) in [5.41, 5.74) is 6.96. The molecule has 1 aliphatic rings. The van der Waals surface area contributed by atoms with Crippen LogP contribution in [-0.4, -0.2) is 48.7 Å².